The van der Waals surface area contributed by atoms with Gasteiger partial charge >= 0.3 is 68.9 Å². The van der Waals surface area contributed by atoms with Crippen LogP contribution in [0.2, 0.25) is 0 Å². The Balaban J connectivity index is 0. The summed E-state index contributed by atoms with van der Waals surface area (Å²) in [4.78, 5) is -0.0741. The SMILES string of the molecule is O=S(=O)(O)c1ccccc1.[C-]#C.[Cs+]. The van der Waals surface area contributed by atoms with Crippen LogP contribution in [0.15, 0.2) is 35.2 Å². The summed E-state index contributed by atoms with van der Waals surface area (Å²) in [7, 11) is -4.00. The number of hydrogen-bond donors (Lipinski definition) is 1. The van der Waals surface area contributed by atoms with E-state index in [2.05, 4.69) is 6.42 Å². The zero-order valence-corrected chi connectivity index (χ0v) is 14.2. The van der Waals surface area contributed by atoms with Gasteiger partial charge in [0.25, 0.3) is 10.1 Å². The third kappa shape index (κ3) is 6.77. The Morgan fingerprint density at radius 1 is 1.15 bits per heavy atom. The molecule has 0 bridgehead atoms. The zero-order valence-electron chi connectivity index (χ0n) is 7.14. The van der Waals surface area contributed by atoms with Gasteiger partial charge in [0.2, 0.25) is 0 Å². The molecule has 1 aromatic rings. The quantitative estimate of drug-likeness (QED) is 0.376. The van der Waals surface area contributed by atoms with Crippen molar-refractivity contribution >= 4 is 10.1 Å². The molecule has 1 aromatic carbocycles. The second-order valence-corrected chi connectivity index (χ2v) is 3.21. The van der Waals surface area contributed by atoms with E-state index >= 15 is 0 Å². The minimum atomic E-state index is -4.00. The minimum Gasteiger partial charge on any atom is -0.697 e. The first-order chi connectivity index (χ1) is 5.61. The standard InChI is InChI=1S/C6H6O3S.C2H.Cs/c7-10(8,9)6-4-2-1-3-5-6;1-2;/h1-5H,(H,7,8,9);1H;/q;-1;+1. The number of hydrogen-bond acceptors (Lipinski definition) is 2. The van der Waals surface area contributed by atoms with Crippen molar-refractivity contribution in [3.05, 3.63) is 36.8 Å². The van der Waals surface area contributed by atoms with Gasteiger partial charge in [-0.2, -0.15) is 8.42 Å². The van der Waals surface area contributed by atoms with Gasteiger partial charge < -0.3 is 12.8 Å². The van der Waals surface area contributed by atoms with Crippen LogP contribution in [0, 0.1) is 12.8 Å². The van der Waals surface area contributed by atoms with Crippen LogP contribution in [0.3, 0.4) is 0 Å². The molecule has 0 heterocycles. The second kappa shape index (κ2) is 8.08. The number of terminal acetylenes is 1. The van der Waals surface area contributed by atoms with E-state index < -0.39 is 10.1 Å². The zero-order chi connectivity index (χ0) is 9.61. The topological polar surface area (TPSA) is 54.4 Å². The Hall–Kier alpha value is 0.742. The van der Waals surface area contributed by atoms with E-state index in [4.69, 9.17) is 11.0 Å². The average molecular weight is 316 g/mol. The van der Waals surface area contributed by atoms with Crippen molar-refractivity contribution in [3.63, 3.8) is 0 Å². The van der Waals surface area contributed by atoms with Gasteiger partial charge in [0.1, 0.15) is 0 Å². The molecule has 0 amide bonds. The molecule has 13 heavy (non-hydrogen) atoms. The van der Waals surface area contributed by atoms with E-state index in [0.29, 0.717) is 0 Å². The molecule has 0 saturated carbocycles. The Kier molecular flexibility index (Phi) is 10.1. The fourth-order valence-electron chi connectivity index (χ4n) is 0.592. The van der Waals surface area contributed by atoms with Crippen LogP contribution in [0.4, 0.5) is 0 Å². The summed E-state index contributed by atoms with van der Waals surface area (Å²) in [5.74, 6) is 0. The van der Waals surface area contributed by atoms with E-state index in [9.17, 15) is 8.42 Å². The maximum atomic E-state index is 10.4. The summed E-state index contributed by atoms with van der Waals surface area (Å²) in [5.41, 5.74) is 0. The fraction of sp³-hybridized carbons (Fsp3) is 0. The molecule has 0 aromatic heterocycles. The van der Waals surface area contributed by atoms with Gasteiger partial charge in [-0.25, -0.2) is 0 Å². The predicted octanol–water partition coefficient (Wildman–Crippen LogP) is -1.86. The van der Waals surface area contributed by atoms with Crippen LogP contribution in [0.1, 0.15) is 0 Å². The van der Waals surface area contributed by atoms with E-state index in [1.165, 1.54) is 12.1 Å². The van der Waals surface area contributed by atoms with Gasteiger partial charge in [0.05, 0.1) is 4.90 Å². The third-order valence-corrected chi connectivity index (χ3v) is 1.91. The maximum absolute atomic E-state index is 10.4. The molecule has 0 atom stereocenters. The third-order valence-electron chi connectivity index (χ3n) is 1.04. The van der Waals surface area contributed by atoms with Crippen molar-refractivity contribution in [3.8, 4) is 6.42 Å². The first-order valence-corrected chi connectivity index (χ1v) is 4.36. The molecule has 5 heteroatoms. The summed E-state index contributed by atoms with van der Waals surface area (Å²) < 4.78 is 29.2. The predicted molar refractivity (Wildman–Crippen MR) is 44.4 cm³/mol. The Morgan fingerprint density at radius 3 is 1.77 bits per heavy atom. The van der Waals surface area contributed by atoms with Gasteiger partial charge in [-0.05, 0) is 12.1 Å². The molecule has 0 saturated heterocycles. The second-order valence-electron chi connectivity index (χ2n) is 1.79. The van der Waals surface area contributed by atoms with Gasteiger partial charge in [-0.1, -0.05) is 18.2 Å². The molecule has 0 radical (unpaired) electrons. The molecular weight excluding hydrogens is 309 g/mol. The summed E-state index contributed by atoms with van der Waals surface area (Å²) >= 11 is 0. The minimum absolute atomic E-state index is 0. The van der Waals surface area contributed by atoms with Gasteiger partial charge in [0.15, 0.2) is 0 Å². The molecule has 64 valence electrons. The summed E-state index contributed by atoms with van der Waals surface area (Å²) in [6.07, 6.45) is 9.00. The molecule has 0 fully saturated rings. The molecule has 0 aliphatic rings. The molecule has 3 nitrogen and oxygen atoms in total. The van der Waals surface area contributed by atoms with E-state index in [0.717, 1.165) is 0 Å². The van der Waals surface area contributed by atoms with Crippen LogP contribution < -0.4 is 68.9 Å². The van der Waals surface area contributed by atoms with Crippen molar-refractivity contribution in [2.24, 2.45) is 0 Å². The molecular formula is C8H7CsO3S. The van der Waals surface area contributed by atoms with E-state index in [1.807, 2.05) is 0 Å². The monoisotopic (exact) mass is 316 g/mol. The summed E-state index contributed by atoms with van der Waals surface area (Å²) in [6, 6.07) is 7.42. The van der Waals surface area contributed by atoms with Crippen molar-refractivity contribution < 1.29 is 81.9 Å². The first kappa shape index (κ1) is 16.2. The number of benzene rings is 1. The molecule has 0 aliphatic carbocycles. The van der Waals surface area contributed by atoms with Gasteiger partial charge in [-0.15, -0.1) is 0 Å². The fourth-order valence-corrected chi connectivity index (χ4v) is 1.09. The molecule has 0 aliphatic heterocycles. The molecule has 1 rings (SSSR count). The maximum Gasteiger partial charge on any atom is 1.00 e. The smallest absolute Gasteiger partial charge is 0.697 e. The van der Waals surface area contributed by atoms with Crippen LogP contribution >= 0.6 is 0 Å². The van der Waals surface area contributed by atoms with Crippen LogP contribution in [0.5, 0.6) is 0 Å². The Morgan fingerprint density at radius 2 is 1.54 bits per heavy atom. The van der Waals surface area contributed by atoms with Crippen molar-refractivity contribution in [1.29, 1.82) is 0 Å². The first-order valence-electron chi connectivity index (χ1n) is 2.92. The van der Waals surface area contributed by atoms with Crippen LogP contribution in [0.25, 0.3) is 0 Å². The van der Waals surface area contributed by atoms with Crippen molar-refractivity contribution in [2.75, 3.05) is 0 Å². The molecule has 0 unspecified atom stereocenters. The largest absolute Gasteiger partial charge is 1.00 e. The van der Waals surface area contributed by atoms with Crippen molar-refractivity contribution in [2.45, 2.75) is 4.90 Å². The average Bonchev–Trinajstić information content (AvgIpc) is 2.08. The van der Waals surface area contributed by atoms with Crippen LogP contribution in [-0.2, 0) is 10.1 Å². The van der Waals surface area contributed by atoms with Gasteiger partial charge in [0, 0.05) is 0 Å². The molecule has 1 N–H and O–H groups in total. The Labute approximate surface area is 137 Å². The molecule has 0 spiro atoms. The summed E-state index contributed by atoms with van der Waals surface area (Å²) in [5, 5.41) is 0. The Bertz CT molecular complexity index is 342. The van der Waals surface area contributed by atoms with E-state index in [-0.39, 0.29) is 73.8 Å². The normalized spacial score (nSPS) is 8.85. The van der Waals surface area contributed by atoms with Crippen LogP contribution in [-0.4, -0.2) is 13.0 Å². The van der Waals surface area contributed by atoms with Crippen molar-refractivity contribution in [1.82, 2.24) is 0 Å². The van der Waals surface area contributed by atoms with Gasteiger partial charge in [-0.3, -0.25) is 4.55 Å². The number of rotatable bonds is 1. The van der Waals surface area contributed by atoms with E-state index in [1.54, 1.807) is 18.2 Å². The summed E-state index contributed by atoms with van der Waals surface area (Å²) in [6.45, 7) is 0.